The summed E-state index contributed by atoms with van der Waals surface area (Å²) < 4.78 is 18.2. The van der Waals surface area contributed by atoms with Crippen LogP contribution in [0.25, 0.3) is 0 Å². The summed E-state index contributed by atoms with van der Waals surface area (Å²) in [6.07, 6.45) is 0.840. The highest BCUT2D eigenvalue weighted by Crippen LogP contribution is 2.13. The van der Waals surface area contributed by atoms with Crippen LogP contribution in [-0.2, 0) is 16.0 Å². The number of carbonyl (C=O) groups excluding carboxylic acids is 1. The smallest absolute Gasteiger partial charge is 0.225 e. The van der Waals surface area contributed by atoms with Crippen LogP contribution >= 0.6 is 0 Å². The second-order valence-corrected chi connectivity index (χ2v) is 4.19. The van der Waals surface area contributed by atoms with Crippen LogP contribution in [0.4, 0.5) is 4.39 Å². The lowest BCUT2D eigenvalue weighted by Crippen LogP contribution is -2.34. The Labute approximate surface area is 100 Å². The Morgan fingerprint density at radius 1 is 1.59 bits per heavy atom. The van der Waals surface area contributed by atoms with E-state index in [9.17, 15) is 9.18 Å². The van der Waals surface area contributed by atoms with Gasteiger partial charge in [-0.15, -0.1) is 0 Å². The molecule has 0 aromatic heterocycles. The zero-order chi connectivity index (χ0) is 12.3. The number of nitrogens with zero attached hydrogens (tertiary/aromatic N) is 1. The fraction of sp³-hybridized carbons (Fsp3) is 0.462. The summed E-state index contributed by atoms with van der Waals surface area (Å²) in [5.74, 6) is -0.188. The van der Waals surface area contributed by atoms with Gasteiger partial charge in [0.1, 0.15) is 12.0 Å². The third-order valence-electron chi connectivity index (χ3n) is 2.97. The molecule has 1 aliphatic heterocycles. The molecule has 4 heteroatoms. The monoisotopic (exact) mass is 237 g/mol. The molecule has 0 bridgehead atoms. The highest BCUT2D eigenvalue weighted by molar-refractivity contribution is 5.76. The maximum atomic E-state index is 12.9. The number of halogens is 1. The van der Waals surface area contributed by atoms with Crippen molar-refractivity contribution < 1.29 is 13.9 Å². The Bertz CT molecular complexity index is 408. The van der Waals surface area contributed by atoms with Gasteiger partial charge in [0.15, 0.2) is 0 Å². The fourth-order valence-electron chi connectivity index (χ4n) is 2.01. The summed E-state index contributed by atoms with van der Waals surface area (Å²) in [4.78, 5) is 13.6. The highest BCUT2D eigenvalue weighted by atomic mass is 19.1. The van der Waals surface area contributed by atoms with Gasteiger partial charge in [-0.2, -0.15) is 0 Å². The Kier molecular flexibility index (Phi) is 3.74. The van der Waals surface area contributed by atoms with Crippen molar-refractivity contribution in [3.8, 4) is 0 Å². The van der Waals surface area contributed by atoms with E-state index in [2.05, 4.69) is 0 Å². The van der Waals surface area contributed by atoms with Crippen molar-refractivity contribution in [2.45, 2.75) is 26.0 Å². The Balaban J connectivity index is 1.88. The summed E-state index contributed by atoms with van der Waals surface area (Å²) in [6, 6.07) is 6.37. The molecule has 1 atom stereocenters. The molecule has 92 valence electrons. The average Bonchev–Trinajstić information content (AvgIpc) is 2.72. The molecule has 3 nitrogen and oxygen atoms in total. The number of benzene rings is 1. The second-order valence-electron chi connectivity index (χ2n) is 4.19. The first-order valence-electron chi connectivity index (χ1n) is 5.82. The fourth-order valence-corrected chi connectivity index (χ4v) is 2.01. The van der Waals surface area contributed by atoms with Gasteiger partial charge in [-0.1, -0.05) is 12.1 Å². The van der Waals surface area contributed by atoms with E-state index in [1.165, 1.54) is 12.1 Å². The highest BCUT2D eigenvalue weighted by Gasteiger charge is 2.25. The van der Waals surface area contributed by atoms with Crippen molar-refractivity contribution in [2.24, 2.45) is 0 Å². The van der Waals surface area contributed by atoms with Crippen LogP contribution in [-0.4, -0.2) is 30.2 Å². The van der Waals surface area contributed by atoms with Crippen LogP contribution < -0.4 is 0 Å². The van der Waals surface area contributed by atoms with E-state index in [-0.39, 0.29) is 18.0 Å². The van der Waals surface area contributed by atoms with E-state index in [0.29, 0.717) is 26.0 Å². The van der Waals surface area contributed by atoms with Gasteiger partial charge < -0.3 is 9.64 Å². The number of hydrogen-bond acceptors (Lipinski definition) is 2. The molecule has 0 N–H and O–H groups in total. The van der Waals surface area contributed by atoms with Crippen molar-refractivity contribution in [1.29, 1.82) is 0 Å². The molecule has 2 rings (SSSR count). The molecule has 0 radical (unpaired) electrons. The lowest BCUT2D eigenvalue weighted by Gasteiger charge is -2.19. The third-order valence-corrected chi connectivity index (χ3v) is 2.97. The van der Waals surface area contributed by atoms with E-state index in [4.69, 9.17) is 4.74 Å². The summed E-state index contributed by atoms with van der Waals surface area (Å²) in [5.41, 5.74) is 0.853. The van der Waals surface area contributed by atoms with Crippen molar-refractivity contribution >= 4 is 5.91 Å². The van der Waals surface area contributed by atoms with E-state index < -0.39 is 0 Å². The van der Waals surface area contributed by atoms with Crippen LogP contribution in [0, 0.1) is 5.82 Å². The third kappa shape index (κ3) is 3.03. The molecular weight excluding hydrogens is 221 g/mol. The number of hydrogen-bond donors (Lipinski definition) is 0. The molecule has 1 fully saturated rings. The summed E-state index contributed by atoms with van der Waals surface area (Å²) in [7, 11) is 0. The number of ether oxygens (including phenoxy) is 1. The maximum absolute atomic E-state index is 12.9. The van der Waals surface area contributed by atoms with Crippen LogP contribution in [0.15, 0.2) is 24.3 Å². The molecular formula is C13H16FNO2. The van der Waals surface area contributed by atoms with Gasteiger partial charge in [0.05, 0.1) is 6.61 Å². The topological polar surface area (TPSA) is 29.5 Å². The predicted molar refractivity (Wildman–Crippen MR) is 61.8 cm³/mol. The van der Waals surface area contributed by atoms with E-state index in [1.54, 1.807) is 11.0 Å². The number of rotatable bonds is 3. The van der Waals surface area contributed by atoms with E-state index in [0.717, 1.165) is 5.56 Å². The van der Waals surface area contributed by atoms with Crippen LogP contribution in [0.2, 0.25) is 0 Å². The Morgan fingerprint density at radius 2 is 2.41 bits per heavy atom. The molecule has 1 heterocycles. The van der Waals surface area contributed by atoms with Gasteiger partial charge in [0.2, 0.25) is 5.91 Å². The minimum atomic E-state index is -0.257. The van der Waals surface area contributed by atoms with Crippen molar-refractivity contribution in [2.75, 3.05) is 13.2 Å². The molecule has 1 saturated heterocycles. The minimum absolute atomic E-state index is 0.0688. The number of carbonyl (C=O) groups is 1. The number of amides is 1. The van der Waals surface area contributed by atoms with Gasteiger partial charge in [0.25, 0.3) is 0 Å². The SMILES string of the molecule is CC1OCCN1C(=O)CCc1cccc(F)c1. The van der Waals surface area contributed by atoms with E-state index >= 15 is 0 Å². The molecule has 1 aromatic carbocycles. The zero-order valence-electron chi connectivity index (χ0n) is 9.86. The molecule has 1 aromatic rings. The summed E-state index contributed by atoms with van der Waals surface area (Å²) in [5, 5.41) is 0. The first-order valence-corrected chi connectivity index (χ1v) is 5.82. The minimum Gasteiger partial charge on any atom is -0.357 e. The molecule has 0 aliphatic carbocycles. The molecule has 1 aliphatic rings. The van der Waals surface area contributed by atoms with Gasteiger partial charge >= 0.3 is 0 Å². The van der Waals surface area contributed by atoms with Crippen molar-refractivity contribution in [1.82, 2.24) is 4.90 Å². The molecule has 0 spiro atoms. The zero-order valence-corrected chi connectivity index (χ0v) is 9.86. The normalized spacial score (nSPS) is 19.6. The predicted octanol–water partition coefficient (Wildman–Crippen LogP) is 1.96. The summed E-state index contributed by atoms with van der Waals surface area (Å²) in [6.45, 7) is 3.13. The van der Waals surface area contributed by atoms with E-state index in [1.807, 2.05) is 13.0 Å². The van der Waals surface area contributed by atoms with Gasteiger partial charge in [-0.3, -0.25) is 4.79 Å². The van der Waals surface area contributed by atoms with Crippen LogP contribution in [0.3, 0.4) is 0 Å². The van der Waals surface area contributed by atoms with Gasteiger partial charge in [0, 0.05) is 13.0 Å². The quantitative estimate of drug-likeness (QED) is 0.804. The molecule has 17 heavy (non-hydrogen) atoms. The number of aryl methyl sites for hydroxylation is 1. The molecule has 1 unspecified atom stereocenters. The second kappa shape index (κ2) is 5.27. The lowest BCUT2D eigenvalue weighted by atomic mass is 10.1. The Hall–Kier alpha value is -1.42. The van der Waals surface area contributed by atoms with Gasteiger partial charge in [-0.05, 0) is 31.0 Å². The maximum Gasteiger partial charge on any atom is 0.225 e. The first-order chi connectivity index (χ1) is 8.16. The Morgan fingerprint density at radius 3 is 3.06 bits per heavy atom. The molecule has 1 amide bonds. The largest absolute Gasteiger partial charge is 0.357 e. The summed E-state index contributed by atoms with van der Waals surface area (Å²) >= 11 is 0. The van der Waals surface area contributed by atoms with Crippen molar-refractivity contribution in [3.63, 3.8) is 0 Å². The average molecular weight is 237 g/mol. The lowest BCUT2D eigenvalue weighted by molar-refractivity contribution is -0.135. The molecule has 0 saturated carbocycles. The standard InChI is InChI=1S/C13H16FNO2/c1-10-15(7-8-17-10)13(16)6-5-11-3-2-4-12(14)9-11/h2-4,9-10H,5-8H2,1H3. The van der Waals surface area contributed by atoms with Crippen LogP contribution in [0.1, 0.15) is 18.9 Å². The van der Waals surface area contributed by atoms with Crippen molar-refractivity contribution in [3.05, 3.63) is 35.6 Å². The van der Waals surface area contributed by atoms with Gasteiger partial charge in [-0.25, -0.2) is 4.39 Å². The van der Waals surface area contributed by atoms with Crippen LogP contribution in [0.5, 0.6) is 0 Å². The first kappa shape index (κ1) is 12.0.